The molecule has 1 aromatic heterocycles. The maximum Gasteiger partial charge on any atom is 0.225 e. The van der Waals surface area contributed by atoms with Crippen LogP contribution in [0.15, 0.2) is 30.3 Å². The maximum absolute atomic E-state index is 12.9. The first kappa shape index (κ1) is 19.5. The third kappa shape index (κ3) is 3.81. The number of β-amino-alcohol motifs (C(OH)–C–C–N with tert-alkyl or cyclic N) is 1. The number of aromatic nitrogens is 2. The van der Waals surface area contributed by atoms with Crippen LogP contribution in [0.5, 0.6) is 0 Å². The zero-order valence-electron chi connectivity index (χ0n) is 17.5. The molecule has 2 aliphatic heterocycles. The fourth-order valence-electron chi connectivity index (χ4n) is 5.14. The molecule has 2 saturated heterocycles. The van der Waals surface area contributed by atoms with E-state index < -0.39 is 0 Å². The molecule has 1 aromatic carbocycles. The van der Waals surface area contributed by atoms with Crippen molar-refractivity contribution in [3.8, 4) is 11.4 Å². The number of carbonyl (C=O) groups is 1. The van der Waals surface area contributed by atoms with E-state index in [2.05, 4.69) is 17.0 Å². The SMILES string of the molecule is O=C(C1CCN(c2nc(-c3ccccc3)nc3c2CCC3)CC1)N1CCC[C@@H](O)C1. The molecule has 0 spiro atoms. The fourth-order valence-corrected chi connectivity index (χ4v) is 5.14. The summed E-state index contributed by atoms with van der Waals surface area (Å²) in [6.45, 7) is 2.99. The normalized spacial score (nSPS) is 22.2. The van der Waals surface area contributed by atoms with Crippen LogP contribution in [0.4, 0.5) is 5.82 Å². The van der Waals surface area contributed by atoms with Crippen molar-refractivity contribution in [1.29, 1.82) is 0 Å². The maximum atomic E-state index is 12.9. The number of hydrogen-bond acceptors (Lipinski definition) is 5. The number of nitrogens with zero attached hydrogens (tertiary/aromatic N) is 4. The van der Waals surface area contributed by atoms with Gasteiger partial charge in [-0.1, -0.05) is 30.3 Å². The van der Waals surface area contributed by atoms with Gasteiger partial charge in [-0.3, -0.25) is 4.79 Å². The van der Waals surface area contributed by atoms with Gasteiger partial charge in [-0.05, 0) is 44.9 Å². The lowest BCUT2D eigenvalue weighted by atomic mass is 9.93. The van der Waals surface area contributed by atoms with Crippen molar-refractivity contribution in [3.63, 3.8) is 0 Å². The second kappa shape index (κ2) is 8.34. The summed E-state index contributed by atoms with van der Waals surface area (Å²) >= 11 is 0. The summed E-state index contributed by atoms with van der Waals surface area (Å²) in [6.07, 6.45) is 6.27. The van der Waals surface area contributed by atoms with Gasteiger partial charge in [0.25, 0.3) is 0 Å². The van der Waals surface area contributed by atoms with E-state index in [1.807, 2.05) is 23.1 Å². The second-order valence-corrected chi connectivity index (χ2v) is 8.86. The Morgan fingerprint density at radius 1 is 0.967 bits per heavy atom. The molecule has 0 bridgehead atoms. The second-order valence-electron chi connectivity index (χ2n) is 8.86. The lowest BCUT2D eigenvalue weighted by Crippen LogP contribution is -2.47. The van der Waals surface area contributed by atoms with Crippen molar-refractivity contribution in [2.24, 2.45) is 5.92 Å². The average Bonchev–Trinajstić information content (AvgIpc) is 3.27. The number of anilines is 1. The van der Waals surface area contributed by atoms with Gasteiger partial charge in [0.05, 0.1) is 6.10 Å². The molecule has 1 amide bonds. The number of piperidine rings is 2. The Hall–Kier alpha value is -2.47. The van der Waals surface area contributed by atoms with Crippen LogP contribution in [0.1, 0.15) is 43.4 Å². The van der Waals surface area contributed by atoms with E-state index in [1.54, 1.807) is 0 Å². The van der Waals surface area contributed by atoms with E-state index in [0.29, 0.717) is 6.54 Å². The largest absolute Gasteiger partial charge is 0.391 e. The van der Waals surface area contributed by atoms with Gasteiger partial charge in [-0.15, -0.1) is 0 Å². The highest BCUT2D eigenvalue weighted by Crippen LogP contribution is 2.34. The minimum absolute atomic E-state index is 0.0648. The molecular weight excluding hydrogens is 376 g/mol. The average molecular weight is 407 g/mol. The number of aliphatic hydroxyl groups is 1. The van der Waals surface area contributed by atoms with Crippen molar-refractivity contribution in [2.45, 2.75) is 51.0 Å². The summed E-state index contributed by atoms with van der Waals surface area (Å²) in [7, 11) is 0. The van der Waals surface area contributed by atoms with E-state index in [0.717, 1.165) is 81.8 Å². The van der Waals surface area contributed by atoms with Gasteiger partial charge in [0.15, 0.2) is 5.82 Å². The van der Waals surface area contributed by atoms with Gasteiger partial charge >= 0.3 is 0 Å². The Bertz CT molecular complexity index is 909. The summed E-state index contributed by atoms with van der Waals surface area (Å²) in [5.74, 6) is 2.18. The molecule has 0 unspecified atom stereocenters. The predicted octanol–water partition coefficient (Wildman–Crippen LogP) is 2.83. The molecule has 6 heteroatoms. The van der Waals surface area contributed by atoms with Crippen LogP contribution in [0, 0.1) is 5.92 Å². The molecule has 158 valence electrons. The number of aryl methyl sites for hydroxylation is 1. The number of rotatable bonds is 3. The third-order valence-corrected chi connectivity index (χ3v) is 6.80. The molecule has 1 atom stereocenters. The molecule has 3 heterocycles. The first-order valence-corrected chi connectivity index (χ1v) is 11.4. The van der Waals surface area contributed by atoms with Crippen molar-refractivity contribution in [2.75, 3.05) is 31.1 Å². The van der Waals surface area contributed by atoms with Gasteiger partial charge in [-0.2, -0.15) is 0 Å². The number of aliphatic hydroxyl groups excluding tert-OH is 1. The van der Waals surface area contributed by atoms with Crippen LogP contribution in [0.25, 0.3) is 11.4 Å². The topological polar surface area (TPSA) is 69.6 Å². The zero-order chi connectivity index (χ0) is 20.5. The Labute approximate surface area is 177 Å². The van der Waals surface area contributed by atoms with Gasteiger partial charge in [0.1, 0.15) is 5.82 Å². The Balaban J connectivity index is 1.32. The Kier molecular flexibility index (Phi) is 5.42. The highest BCUT2D eigenvalue weighted by Gasteiger charge is 2.32. The van der Waals surface area contributed by atoms with Gasteiger partial charge in [0, 0.05) is 48.9 Å². The number of carbonyl (C=O) groups excluding carboxylic acids is 1. The number of fused-ring (bicyclic) bond motifs is 1. The molecule has 0 saturated carbocycles. The van der Waals surface area contributed by atoms with Crippen molar-refractivity contribution >= 4 is 11.7 Å². The Morgan fingerprint density at radius 2 is 1.77 bits per heavy atom. The number of likely N-dealkylation sites (tertiary alicyclic amines) is 1. The first-order chi connectivity index (χ1) is 14.7. The van der Waals surface area contributed by atoms with Crippen molar-refractivity contribution in [1.82, 2.24) is 14.9 Å². The fraction of sp³-hybridized carbons (Fsp3) is 0.542. The van der Waals surface area contributed by atoms with Crippen LogP contribution >= 0.6 is 0 Å². The van der Waals surface area contributed by atoms with Crippen LogP contribution in [0.3, 0.4) is 0 Å². The van der Waals surface area contributed by atoms with Gasteiger partial charge in [0.2, 0.25) is 5.91 Å². The highest BCUT2D eigenvalue weighted by atomic mass is 16.3. The molecule has 6 nitrogen and oxygen atoms in total. The number of hydrogen-bond donors (Lipinski definition) is 1. The monoisotopic (exact) mass is 406 g/mol. The minimum atomic E-state index is -0.359. The molecule has 5 rings (SSSR count). The molecular formula is C24H30N4O2. The summed E-state index contributed by atoms with van der Waals surface area (Å²) in [6, 6.07) is 10.2. The predicted molar refractivity (Wildman–Crippen MR) is 116 cm³/mol. The standard InChI is InChI=1S/C24H30N4O2/c29-19-8-5-13-28(16-19)24(30)18-11-14-27(15-12-18)23-20-9-4-10-21(20)25-22(26-23)17-6-2-1-3-7-17/h1-3,6-7,18-19,29H,4-5,8-16H2/t19-/m1/s1. The molecule has 1 aliphatic carbocycles. The smallest absolute Gasteiger partial charge is 0.225 e. The van der Waals surface area contributed by atoms with Crippen LogP contribution in [-0.4, -0.2) is 58.2 Å². The van der Waals surface area contributed by atoms with Crippen LogP contribution < -0.4 is 4.90 Å². The van der Waals surface area contributed by atoms with E-state index >= 15 is 0 Å². The first-order valence-electron chi connectivity index (χ1n) is 11.4. The number of benzene rings is 1. The third-order valence-electron chi connectivity index (χ3n) is 6.80. The van der Waals surface area contributed by atoms with E-state index in [1.165, 1.54) is 11.3 Å². The van der Waals surface area contributed by atoms with Gasteiger partial charge in [-0.25, -0.2) is 9.97 Å². The molecule has 3 aliphatic rings. The molecule has 30 heavy (non-hydrogen) atoms. The molecule has 2 aromatic rings. The van der Waals surface area contributed by atoms with Crippen LogP contribution in [-0.2, 0) is 17.6 Å². The minimum Gasteiger partial charge on any atom is -0.391 e. The molecule has 1 N–H and O–H groups in total. The quantitative estimate of drug-likeness (QED) is 0.849. The summed E-state index contributed by atoms with van der Waals surface area (Å²) in [5, 5.41) is 9.91. The summed E-state index contributed by atoms with van der Waals surface area (Å²) < 4.78 is 0. The van der Waals surface area contributed by atoms with Crippen LogP contribution in [0.2, 0.25) is 0 Å². The lowest BCUT2D eigenvalue weighted by molar-refractivity contribution is -0.139. The molecule has 0 radical (unpaired) electrons. The van der Waals surface area contributed by atoms with Gasteiger partial charge < -0.3 is 14.9 Å². The number of amides is 1. The molecule has 2 fully saturated rings. The van der Waals surface area contributed by atoms with Crippen molar-refractivity contribution in [3.05, 3.63) is 41.6 Å². The van der Waals surface area contributed by atoms with E-state index in [4.69, 9.17) is 9.97 Å². The highest BCUT2D eigenvalue weighted by molar-refractivity contribution is 5.79. The lowest BCUT2D eigenvalue weighted by Gasteiger charge is -2.37. The van der Waals surface area contributed by atoms with E-state index in [-0.39, 0.29) is 17.9 Å². The summed E-state index contributed by atoms with van der Waals surface area (Å²) in [4.78, 5) is 27.0. The Morgan fingerprint density at radius 3 is 2.53 bits per heavy atom. The van der Waals surface area contributed by atoms with Crippen molar-refractivity contribution < 1.29 is 9.90 Å². The zero-order valence-corrected chi connectivity index (χ0v) is 17.5. The van der Waals surface area contributed by atoms with E-state index in [9.17, 15) is 9.90 Å². The summed E-state index contributed by atoms with van der Waals surface area (Å²) in [5.41, 5.74) is 3.56.